The molecule has 0 aliphatic carbocycles. The fourth-order valence-electron chi connectivity index (χ4n) is 10.3. The summed E-state index contributed by atoms with van der Waals surface area (Å²) in [5.41, 5.74) is 10.2. The number of methoxy groups -OCH3 is 1. The largest absolute Gasteiger partial charge is 0.469 e. The predicted molar refractivity (Wildman–Crippen MR) is 263 cm³/mol. The number of nitrogens with zero attached hydrogens (tertiary/aromatic N) is 8. The van der Waals surface area contributed by atoms with E-state index in [2.05, 4.69) is 44.8 Å². The van der Waals surface area contributed by atoms with E-state index < -0.39 is 47.5 Å². The van der Waals surface area contributed by atoms with Gasteiger partial charge in [0, 0.05) is 39.4 Å². The van der Waals surface area contributed by atoms with E-state index >= 15 is 0 Å². The van der Waals surface area contributed by atoms with E-state index in [4.69, 9.17) is 9.73 Å². The van der Waals surface area contributed by atoms with Crippen molar-refractivity contribution in [1.82, 2.24) is 45.1 Å². The first kappa shape index (κ1) is 45.9. The number of nitrogens with one attached hydrogen (secondary N) is 2. The molecule has 4 aromatic heterocycles. The van der Waals surface area contributed by atoms with E-state index in [0.29, 0.717) is 17.2 Å². The van der Waals surface area contributed by atoms with Crippen molar-refractivity contribution in [2.75, 3.05) is 7.11 Å². The van der Waals surface area contributed by atoms with E-state index in [0.717, 1.165) is 70.5 Å². The molecule has 0 spiro atoms. The summed E-state index contributed by atoms with van der Waals surface area (Å²) in [4.78, 5) is 67.6. The number of thiazole rings is 1. The van der Waals surface area contributed by atoms with Gasteiger partial charge in [-0.25, -0.2) is 4.98 Å². The molecule has 16 nitrogen and oxygen atoms in total. The van der Waals surface area contributed by atoms with Gasteiger partial charge in [-0.15, -0.1) is 32.9 Å². The Morgan fingerprint density at radius 1 is 0.957 bits per heavy atom. The maximum atomic E-state index is 14.2. The van der Waals surface area contributed by atoms with Gasteiger partial charge in [0.05, 0.1) is 59.0 Å². The smallest absolute Gasteiger partial charge is 0.308 e. The summed E-state index contributed by atoms with van der Waals surface area (Å²) < 4.78 is 8.60. The second-order valence-electron chi connectivity index (χ2n) is 18.8. The molecule has 6 atom stereocenters. The first-order valence-corrected chi connectivity index (χ1v) is 24.6. The zero-order chi connectivity index (χ0) is 48.6. The summed E-state index contributed by atoms with van der Waals surface area (Å²) in [6.45, 7) is 13.5. The van der Waals surface area contributed by atoms with Crippen LogP contribution in [0.4, 0.5) is 0 Å². The standard InChI is InChI=1S/C51H52N10O6S2/c1-25-28(4)69-50-42(25)43(54-37(20-41(64)67-8)47-57-56-29(5)60(47)50)32-13-11-31(12-14-32)34-17-18-36-35(19-34)22-59(58-36)23-40(63)55-45-49(66)61-38(21-39(62)46(61)51(45,6)7)48(65)53-26(2)30-9-15-33(16-10-30)44-27(3)52-24-68-44/h9-19,22,24,26,37-39,45-46,62H,20-21,23H2,1-8H3,(H,53,65)(H,55,63)/t26-,37-,38-,39+,45+,46?/m0/s1. The minimum Gasteiger partial charge on any atom is -0.469 e. The molecule has 0 bridgehead atoms. The normalized spacial score (nSPS) is 20.8. The quantitative estimate of drug-likeness (QED) is 0.115. The minimum absolute atomic E-state index is 0.0190. The molecule has 354 valence electrons. The maximum absolute atomic E-state index is 14.2. The molecular formula is C51H52N10O6S2. The number of aliphatic hydroxyl groups excluding tert-OH is 1. The van der Waals surface area contributed by atoms with Gasteiger partial charge in [-0.1, -0.05) is 68.4 Å². The van der Waals surface area contributed by atoms with Crippen LogP contribution in [0.3, 0.4) is 0 Å². The molecule has 69 heavy (non-hydrogen) atoms. The molecule has 10 rings (SSSR count). The van der Waals surface area contributed by atoms with Gasteiger partial charge in [-0.05, 0) is 74.6 Å². The monoisotopic (exact) mass is 964 g/mol. The van der Waals surface area contributed by atoms with Crippen LogP contribution < -0.4 is 10.6 Å². The van der Waals surface area contributed by atoms with Gasteiger partial charge in [0.15, 0.2) is 5.82 Å². The van der Waals surface area contributed by atoms with Gasteiger partial charge in [-0.2, -0.15) is 5.10 Å². The first-order valence-electron chi connectivity index (χ1n) is 22.9. The summed E-state index contributed by atoms with van der Waals surface area (Å²) in [7, 11) is 1.37. The highest BCUT2D eigenvalue weighted by molar-refractivity contribution is 7.15. The SMILES string of the molecule is COC(=O)C[C@@H]1N=C(c2ccc(-c3ccc4nn(CC(=O)N[C@@H]5C(=O)N6C([C@H](O)C[C@H]6C(=O)N[C@@H](C)c6ccc(-c7scnc7C)cc6)C5(C)C)cc4c3)cc2)c2c(sc(C)c2C)-n2c(C)nnc21. The fraction of sp³-hybridized carbons (Fsp3) is 0.353. The van der Waals surface area contributed by atoms with Crippen molar-refractivity contribution >= 4 is 63.0 Å². The lowest BCUT2D eigenvalue weighted by atomic mass is 9.78. The van der Waals surface area contributed by atoms with Crippen LogP contribution in [-0.2, 0) is 30.5 Å². The molecular weight excluding hydrogens is 913 g/mol. The third kappa shape index (κ3) is 8.03. The third-order valence-electron chi connectivity index (χ3n) is 14.0. The molecule has 0 radical (unpaired) electrons. The molecule has 2 fully saturated rings. The zero-order valence-corrected chi connectivity index (χ0v) is 41.1. The fourth-order valence-corrected chi connectivity index (χ4v) is 12.3. The molecule has 3 N–H and O–H groups in total. The van der Waals surface area contributed by atoms with E-state index in [-0.39, 0.29) is 37.3 Å². The van der Waals surface area contributed by atoms with Crippen molar-refractivity contribution in [3.05, 3.63) is 123 Å². The number of hydrogen-bond donors (Lipinski definition) is 3. The van der Waals surface area contributed by atoms with Crippen molar-refractivity contribution < 1.29 is 29.0 Å². The van der Waals surface area contributed by atoms with E-state index in [1.165, 1.54) is 12.0 Å². The van der Waals surface area contributed by atoms with Gasteiger partial charge >= 0.3 is 5.97 Å². The Bertz CT molecular complexity index is 3220. The Hall–Kier alpha value is -6.89. The molecule has 18 heteroatoms. The summed E-state index contributed by atoms with van der Waals surface area (Å²) in [6.07, 6.45) is 0.970. The summed E-state index contributed by atoms with van der Waals surface area (Å²) >= 11 is 3.23. The second kappa shape index (κ2) is 17.6. The number of benzene rings is 3. The Morgan fingerprint density at radius 2 is 1.67 bits per heavy atom. The lowest BCUT2D eigenvalue weighted by Gasteiger charge is -2.32. The van der Waals surface area contributed by atoms with Crippen LogP contribution in [0.5, 0.6) is 0 Å². The average Bonchev–Trinajstić information content (AvgIpc) is 4.18. The number of amides is 3. The maximum Gasteiger partial charge on any atom is 0.308 e. The van der Waals surface area contributed by atoms with Crippen molar-refractivity contribution in [2.24, 2.45) is 10.4 Å². The summed E-state index contributed by atoms with van der Waals surface area (Å²) in [6, 6.07) is 18.5. The number of aromatic nitrogens is 6. The number of fused-ring (bicyclic) bond motifs is 5. The Morgan fingerprint density at radius 3 is 2.38 bits per heavy atom. The lowest BCUT2D eigenvalue weighted by molar-refractivity contribution is -0.141. The summed E-state index contributed by atoms with van der Waals surface area (Å²) in [5, 5.41) is 32.6. The van der Waals surface area contributed by atoms with E-state index in [1.807, 2.05) is 111 Å². The first-order chi connectivity index (χ1) is 33.0. The van der Waals surface area contributed by atoms with Crippen LogP contribution in [0.15, 0.2) is 83.4 Å². The lowest BCUT2D eigenvalue weighted by Crippen LogP contribution is -2.51. The van der Waals surface area contributed by atoms with Gasteiger partial charge in [0.25, 0.3) is 0 Å². The van der Waals surface area contributed by atoms with Crippen molar-refractivity contribution in [1.29, 1.82) is 0 Å². The molecule has 0 saturated carbocycles. The number of aryl methyl sites for hydroxylation is 3. The van der Waals surface area contributed by atoms with Crippen LogP contribution >= 0.6 is 22.7 Å². The van der Waals surface area contributed by atoms with E-state index in [1.54, 1.807) is 33.6 Å². The van der Waals surface area contributed by atoms with Gasteiger partial charge in [-0.3, -0.25) is 33.4 Å². The number of carbonyl (C=O) groups excluding carboxylic acids is 4. The van der Waals surface area contributed by atoms with Crippen molar-refractivity contribution in [2.45, 2.75) is 104 Å². The summed E-state index contributed by atoms with van der Waals surface area (Å²) in [5.74, 6) is -0.260. The van der Waals surface area contributed by atoms with Crippen LogP contribution in [0, 0.1) is 33.1 Å². The van der Waals surface area contributed by atoms with Crippen molar-refractivity contribution in [3.8, 4) is 26.6 Å². The molecule has 2 saturated heterocycles. The number of hydrogen-bond acceptors (Lipinski definition) is 13. The van der Waals surface area contributed by atoms with Gasteiger partial charge in [0.1, 0.15) is 35.5 Å². The van der Waals surface area contributed by atoms with E-state index in [9.17, 15) is 24.3 Å². The Kier molecular flexibility index (Phi) is 11.7. The molecule has 3 amide bonds. The highest BCUT2D eigenvalue weighted by atomic mass is 32.1. The zero-order valence-electron chi connectivity index (χ0n) is 39.5. The topological polar surface area (TPSA) is 199 Å². The Labute approximate surface area is 406 Å². The number of aliphatic imine (C=N–C) groups is 1. The molecule has 7 aromatic rings. The minimum atomic E-state index is -0.967. The highest BCUT2D eigenvalue weighted by Crippen LogP contribution is 2.46. The van der Waals surface area contributed by atoms with Crippen LogP contribution in [0.1, 0.15) is 90.2 Å². The van der Waals surface area contributed by atoms with Gasteiger partial charge < -0.3 is 25.4 Å². The number of carbonyl (C=O) groups is 4. The second-order valence-corrected chi connectivity index (χ2v) is 20.9. The van der Waals surface area contributed by atoms with Gasteiger partial charge in [0.2, 0.25) is 17.7 Å². The molecule has 3 aromatic carbocycles. The number of esters is 1. The number of rotatable bonds is 11. The van der Waals surface area contributed by atoms with Crippen molar-refractivity contribution in [3.63, 3.8) is 0 Å². The third-order valence-corrected chi connectivity index (χ3v) is 16.2. The molecule has 3 aliphatic rings. The average molecular weight is 965 g/mol. The number of thiophene rings is 1. The number of aliphatic hydroxyl groups is 1. The molecule has 1 unspecified atom stereocenters. The Balaban J connectivity index is 0.822. The van der Waals surface area contributed by atoms with Crippen LogP contribution in [-0.4, -0.2) is 100 Å². The highest BCUT2D eigenvalue weighted by Gasteiger charge is 2.63. The van der Waals surface area contributed by atoms with Crippen LogP contribution in [0.2, 0.25) is 0 Å². The molecule has 7 heterocycles. The molecule has 3 aliphatic heterocycles. The van der Waals surface area contributed by atoms with Crippen LogP contribution in [0.25, 0.3) is 37.5 Å². The number of ether oxygens (including phenoxy) is 1. The predicted octanol–water partition coefficient (Wildman–Crippen LogP) is 6.89.